The van der Waals surface area contributed by atoms with Gasteiger partial charge < -0.3 is 14.8 Å². The van der Waals surface area contributed by atoms with E-state index >= 15 is 0 Å². The van der Waals surface area contributed by atoms with Gasteiger partial charge in [-0.25, -0.2) is 9.97 Å². The molecule has 5 nitrogen and oxygen atoms in total. The zero-order valence-corrected chi connectivity index (χ0v) is 14.0. The van der Waals surface area contributed by atoms with Gasteiger partial charge in [-0.1, -0.05) is 24.9 Å². The number of aromatic hydroxyl groups is 1. The molecule has 2 heterocycles. The van der Waals surface area contributed by atoms with Gasteiger partial charge in [-0.15, -0.1) is 0 Å². The number of aromatic amines is 1. The van der Waals surface area contributed by atoms with Crippen molar-refractivity contribution in [2.45, 2.75) is 19.8 Å². The van der Waals surface area contributed by atoms with Gasteiger partial charge in [0.2, 0.25) is 5.88 Å². The van der Waals surface area contributed by atoms with E-state index in [1.54, 1.807) is 24.5 Å². The van der Waals surface area contributed by atoms with Crippen LogP contribution < -0.4 is 4.74 Å². The van der Waals surface area contributed by atoms with Gasteiger partial charge in [0.25, 0.3) is 0 Å². The van der Waals surface area contributed by atoms with Crippen LogP contribution in [0, 0.1) is 0 Å². The number of nitrogens with zero attached hydrogens (tertiary/aromatic N) is 2. The van der Waals surface area contributed by atoms with Crippen molar-refractivity contribution in [2.75, 3.05) is 6.61 Å². The highest BCUT2D eigenvalue weighted by Gasteiger charge is 2.13. The molecule has 0 fully saturated rings. The number of unbranched alkanes of at least 4 members (excludes halogenated alkanes) is 1. The first-order chi connectivity index (χ1) is 11.7. The molecule has 124 valence electrons. The number of benzene rings is 1. The van der Waals surface area contributed by atoms with Crippen LogP contribution in [0.15, 0.2) is 42.7 Å². The van der Waals surface area contributed by atoms with E-state index in [0.717, 1.165) is 18.4 Å². The lowest BCUT2D eigenvalue weighted by atomic mass is 10.1. The van der Waals surface area contributed by atoms with Crippen LogP contribution in [-0.2, 0) is 0 Å². The summed E-state index contributed by atoms with van der Waals surface area (Å²) in [6.07, 6.45) is 5.39. The number of imidazole rings is 1. The van der Waals surface area contributed by atoms with Crippen molar-refractivity contribution < 1.29 is 9.84 Å². The zero-order chi connectivity index (χ0) is 16.9. The van der Waals surface area contributed by atoms with Crippen LogP contribution in [0.2, 0.25) is 5.02 Å². The normalized spacial score (nSPS) is 10.8. The van der Waals surface area contributed by atoms with E-state index in [0.29, 0.717) is 34.6 Å². The van der Waals surface area contributed by atoms with Crippen LogP contribution >= 0.6 is 11.6 Å². The minimum absolute atomic E-state index is 0.100. The van der Waals surface area contributed by atoms with Gasteiger partial charge in [-0.3, -0.25) is 0 Å². The minimum atomic E-state index is 0.100. The summed E-state index contributed by atoms with van der Waals surface area (Å²) in [5.41, 5.74) is 2.12. The Kier molecular flexibility index (Phi) is 5.01. The first-order valence-electron chi connectivity index (χ1n) is 7.81. The van der Waals surface area contributed by atoms with Gasteiger partial charge in [0, 0.05) is 16.8 Å². The molecule has 1 aromatic carbocycles. The predicted molar refractivity (Wildman–Crippen MR) is 94.3 cm³/mol. The molecule has 0 bridgehead atoms. The largest absolute Gasteiger partial charge is 0.507 e. The third-order valence-electron chi connectivity index (χ3n) is 3.59. The number of phenolic OH excluding ortho intramolecular Hbond substituents is 1. The molecule has 0 saturated carbocycles. The Labute approximate surface area is 145 Å². The van der Waals surface area contributed by atoms with Gasteiger partial charge in [0.1, 0.15) is 11.6 Å². The Bertz CT molecular complexity index is 833. The molecule has 0 atom stereocenters. The monoisotopic (exact) mass is 343 g/mol. The molecule has 2 aromatic heterocycles. The van der Waals surface area contributed by atoms with Crippen molar-refractivity contribution in [3.8, 4) is 34.3 Å². The van der Waals surface area contributed by atoms with Gasteiger partial charge in [0.05, 0.1) is 24.1 Å². The van der Waals surface area contributed by atoms with Crippen molar-refractivity contribution in [1.82, 2.24) is 15.0 Å². The number of nitrogens with one attached hydrogen (secondary N) is 1. The fourth-order valence-corrected chi connectivity index (χ4v) is 2.49. The van der Waals surface area contributed by atoms with Crippen molar-refractivity contribution in [3.05, 3.63) is 47.7 Å². The van der Waals surface area contributed by atoms with E-state index in [-0.39, 0.29) is 5.75 Å². The predicted octanol–water partition coefficient (Wildman–Crippen LogP) is 4.68. The third-order valence-corrected chi connectivity index (χ3v) is 3.82. The number of halogens is 1. The number of hydrogen-bond acceptors (Lipinski definition) is 4. The van der Waals surface area contributed by atoms with E-state index in [1.165, 1.54) is 6.07 Å². The summed E-state index contributed by atoms with van der Waals surface area (Å²) >= 11 is 5.88. The van der Waals surface area contributed by atoms with Crippen molar-refractivity contribution in [2.24, 2.45) is 0 Å². The van der Waals surface area contributed by atoms with E-state index < -0.39 is 0 Å². The van der Waals surface area contributed by atoms with Crippen LogP contribution in [0.3, 0.4) is 0 Å². The average molecular weight is 344 g/mol. The fraction of sp³-hybridized carbons (Fsp3) is 0.222. The molecular weight excluding hydrogens is 326 g/mol. The number of rotatable bonds is 6. The molecule has 2 N–H and O–H groups in total. The Morgan fingerprint density at radius 1 is 1.21 bits per heavy atom. The lowest BCUT2D eigenvalue weighted by molar-refractivity contribution is 0.299. The molecule has 0 unspecified atom stereocenters. The number of ether oxygens (including phenoxy) is 1. The van der Waals surface area contributed by atoms with Gasteiger partial charge in [-0.2, -0.15) is 0 Å². The Balaban J connectivity index is 1.91. The molecule has 0 amide bonds. The number of pyridine rings is 1. The molecule has 3 aromatic rings. The number of aromatic nitrogens is 3. The molecule has 0 aliphatic carbocycles. The second kappa shape index (κ2) is 7.36. The van der Waals surface area contributed by atoms with Crippen LogP contribution in [0.4, 0.5) is 0 Å². The van der Waals surface area contributed by atoms with Crippen LogP contribution in [0.25, 0.3) is 22.6 Å². The van der Waals surface area contributed by atoms with Crippen molar-refractivity contribution in [1.29, 1.82) is 0 Å². The molecule has 0 saturated heterocycles. The zero-order valence-electron chi connectivity index (χ0n) is 13.3. The van der Waals surface area contributed by atoms with Crippen molar-refractivity contribution in [3.63, 3.8) is 0 Å². The summed E-state index contributed by atoms with van der Waals surface area (Å²) in [6.45, 7) is 2.73. The number of hydrogen-bond donors (Lipinski definition) is 2. The van der Waals surface area contributed by atoms with Crippen LogP contribution in [0.5, 0.6) is 11.6 Å². The Morgan fingerprint density at radius 3 is 2.88 bits per heavy atom. The molecule has 0 aliphatic rings. The molecular formula is C18H18ClN3O2. The smallest absolute Gasteiger partial charge is 0.224 e. The van der Waals surface area contributed by atoms with Gasteiger partial charge in [0.15, 0.2) is 0 Å². The summed E-state index contributed by atoms with van der Waals surface area (Å²) < 4.78 is 5.75. The van der Waals surface area contributed by atoms with E-state index in [9.17, 15) is 5.11 Å². The maximum Gasteiger partial charge on any atom is 0.224 e. The summed E-state index contributed by atoms with van der Waals surface area (Å²) in [4.78, 5) is 11.9. The second-order valence-electron chi connectivity index (χ2n) is 5.37. The highest BCUT2D eigenvalue weighted by molar-refractivity contribution is 6.30. The molecule has 0 radical (unpaired) electrons. The number of phenols is 1. The summed E-state index contributed by atoms with van der Waals surface area (Å²) in [5.74, 6) is 1.29. The molecule has 3 rings (SSSR count). The SMILES string of the molecule is CCCCOc1ncccc1-c1ncc(-c2ccc(Cl)cc2O)[nH]1. The van der Waals surface area contributed by atoms with E-state index in [2.05, 4.69) is 21.9 Å². The summed E-state index contributed by atoms with van der Waals surface area (Å²) in [5, 5.41) is 10.5. The van der Waals surface area contributed by atoms with Crippen LogP contribution in [-0.4, -0.2) is 26.7 Å². The highest BCUT2D eigenvalue weighted by Crippen LogP contribution is 2.33. The molecule has 0 aliphatic heterocycles. The minimum Gasteiger partial charge on any atom is -0.507 e. The first kappa shape index (κ1) is 16.3. The standard InChI is InChI=1S/C18H18ClN3O2/c1-2-3-9-24-18-14(5-4-8-20-18)17-21-11-15(22-17)13-7-6-12(19)10-16(13)23/h4-8,10-11,23H,2-3,9H2,1H3,(H,21,22). The van der Waals surface area contributed by atoms with E-state index in [4.69, 9.17) is 16.3 Å². The number of H-pyrrole nitrogens is 1. The molecule has 0 spiro atoms. The Hall–Kier alpha value is -2.53. The second-order valence-corrected chi connectivity index (χ2v) is 5.80. The van der Waals surface area contributed by atoms with E-state index in [1.807, 2.05) is 12.1 Å². The maximum atomic E-state index is 10.1. The first-order valence-corrected chi connectivity index (χ1v) is 8.19. The molecule has 24 heavy (non-hydrogen) atoms. The lowest BCUT2D eigenvalue weighted by Crippen LogP contribution is -2.00. The molecule has 6 heteroatoms. The van der Waals surface area contributed by atoms with Crippen molar-refractivity contribution >= 4 is 11.6 Å². The fourth-order valence-electron chi connectivity index (χ4n) is 2.33. The summed E-state index contributed by atoms with van der Waals surface area (Å²) in [7, 11) is 0. The van der Waals surface area contributed by atoms with Gasteiger partial charge in [-0.05, 0) is 36.8 Å². The topological polar surface area (TPSA) is 71.0 Å². The Morgan fingerprint density at radius 2 is 2.08 bits per heavy atom. The quantitative estimate of drug-likeness (QED) is 0.638. The average Bonchev–Trinajstić information content (AvgIpc) is 3.05. The van der Waals surface area contributed by atoms with Crippen LogP contribution in [0.1, 0.15) is 19.8 Å². The van der Waals surface area contributed by atoms with Gasteiger partial charge >= 0.3 is 0 Å². The summed E-state index contributed by atoms with van der Waals surface area (Å²) in [6, 6.07) is 8.71. The lowest BCUT2D eigenvalue weighted by Gasteiger charge is -2.08. The maximum absolute atomic E-state index is 10.1. The highest BCUT2D eigenvalue weighted by atomic mass is 35.5. The third kappa shape index (κ3) is 3.51.